The molecule has 1 heterocycles. The summed E-state index contributed by atoms with van der Waals surface area (Å²) in [6.07, 6.45) is 5.12. The number of hydrogen-bond donors (Lipinski definition) is 2. The SMILES string of the molecule is O=C1CC(NC2CCc3ccccc32)CCCN1. The first kappa shape index (κ1) is 11.7. The van der Waals surface area contributed by atoms with Crippen LogP contribution < -0.4 is 10.6 Å². The van der Waals surface area contributed by atoms with Crippen LogP contribution in [0.5, 0.6) is 0 Å². The highest BCUT2D eigenvalue weighted by atomic mass is 16.1. The summed E-state index contributed by atoms with van der Waals surface area (Å²) in [6, 6.07) is 9.44. The molecule has 2 atom stereocenters. The molecule has 1 aromatic carbocycles. The predicted molar refractivity (Wildman–Crippen MR) is 71.3 cm³/mol. The minimum absolute atomic E-state index is 0.191. The van der Waals surface area contributed by atoms with Gasteiger partial charge in [0.2, 0.25) is 5.91 Å². The van der Waals surface area contributed by atoms with Crippen LogP contribution in [0, 0.1) is 0 Å². The molecule has 1 saturated heterocycles. The third kappa shape index (κ3) is 2.41. The van der Waals surface area contributed by atoms with Crippen molar-refractivity contribution >= 4 is 5.91 Å². The summed E-state index contributed by atoms with van der Waals surface area (Å²) in [5.41, 5.74) is 2.90. The van der Waals surface area contributed by atoms with Gasteiger partial charge in [0.25, 0.3) is 0 Å². The maximum absolute atomic E-state index is 11.6. The molecule has 3 heteroatoms. The molecule has 2 unspecified atom stereocenters. The molecule has 18 heavy (non-hydrogen) atoms. The van der Waals surface area contributed by atoms with Gasteiger partial charge in [-0.15, -0.1) is 0 Å². The number of amides is 1. The Bertz CT molecular complexity index is 444. The zero-order chi connectivity index (χ0) is 12.4. The van der Waals surface area contributed by atoms with Crippen LogP contribution in [0.3, 0.4) is 0 Å². The van der Waals surface area contributed by atoms with Crippen LogP contribution in [0.2, 0.25) is 0 Å². The fourth-order valence-electron chi connectivity index (χ4n) is 3.13. The van der Waals surface area contributed by atoms with Crippen molar-refractivity contribution in [2.24, 2.45) is 0 Å². The molecule has 1 fully saturated rings. The van der Waals surface area contributed by atoms with Crippen molar-refractivity contribution in [3.8, 4) is 0 Å². The van der Waals surface area contributed by atoms with E-state index in [1.54, 1.807) is 0 Å². The summed E-state index contributed by atoms with van der Waals surface area (Å²) in [6.45, 7) is 0.832. The quantitative estimate of drug-likeness (QED) is 0.834. The highest BCUT2D eigenvalue weighted by Crippen LogP contribution is 2.31. The second-order valence-electron chi connectivity index (χ2n) is 5.35. The third-order valence-corrected chi connectivity index (χ3v) is 4.05. The Balaban J connectivity index is 1.68. The fraction of sp³-hybridized carbons (Fsp3) is 0.533. The summed E-state index contributed by atoms with van der Waals surface area (Å²) >= 11 is 0. The maximum Gasteiger partial charge on any atom is 0.221 e. The van der Waals surface area contributed by atoms with Crippen molar-refractivity contribution < 1.29 is 4.79 Å². The van der Waals surface area contributed by atoms with Gasteiger partial charge in [0.15, 0.2) is 0 Å². The van der Waals surface area contributed by atoms with E-state index in [2.05, 4.69) is 34.9 Å². The summed E-state index contributed by atoms with van der Waals surface area (Å²) in [5, 5.41) is 6.62. The average Bonchev–Trinajstić information content (AvgIpc) is 2.66. The van der Waals surface area contributed by atoms with Gasteiger partial charge in [0.05, 0.1) is 0 Å². The van der Waals surface area contributed by atoms with Gasteiger partial charge in [-0.1, -0.05) is 24.3 Å². The Kier molecular flexibility index (Phi) is 3.33. The van der Waals surface area contributed by atoms with Gasteiger partial charge in [-0.2, -0.15) is 0 Å². The zero-order valence-electron chi connectivity index (χ0n) is 10.6. The van der Waals surface area contributed by atoms with E-state index in [9.17, 15) is 4.79 Å². The topological polar surface area (TPSA) is 41.1 Å². The number of aryl methyl sites for hydroxylation is 1. The number of fused-ring (bicyclic) bond motifs is 1. The number of carbonyl (C=O) groups is 1. The van der Waals surface area contributed by atoms with E-state index in [0.29, 0.717) is 18.5 Å². The number of rotatable bonds is 2. The molecular formula is C15H20N2O. The second kappa shape index (κ2) is 5.11. The van der Waals surface area contributed by atoms with Crippen molar-refractivity contribution in [2.45, 2.75) is 44.2 Å². The molecule has 1 aromatic rings. The molecule has 0 saturated carbocycles. The molecule has 0 aromatic heterocycles. The van der Waals surface area contributed by atoms with Gasteiger partial charge in [0.1, 0.15) is 0 Å². The van der Waals surface area contributed by atoms with E-state index in [4.69, 9.17) is 0 Å². The highest BCUT2D eigenvalue weighted by Gasteiger charge is 2.26. The molecular weight excluding hydrogens is 224 g/mol. The van der Waals surface area contributed by atoms with Gasteiger partial charge in [-0.05, 0) is 36.8 Å². The molecule has 1 amide bonds. The highest BCUT2D eigenvalue weighted by molar-refractivity contribution is 5.76. The molecule has 2 N–H and O–H groups in total. The van der Waals surface area contributed by atoms with E-state index in [1.807, 2.05) is 0 Å². The molecule has 1 aliphatic heterocycles. The number of carbonyl (C=O) groups excluding carboxylic acids is 1. The molecule has 0 bridgehead atoms. The Morgan fingerprint density at radius 3 is 3.06 bits per heavy atom. The van der Waals surface area contributed by atoms with Crippen molar-refractivity contribution in [2.75, 3.05) is 6.54 Å². The molecule has 0 spiro atoms. The smallest absolute Gasteiger partial charge is 0.221 e. The number of nitrogens with one attached hydrogen (secondary N) is 2. The minimum atomic E-state index is 0.191. The van der Waals surface area contributed by atoms with Crippen LogP contribution >= 0.6 is 0 Å². The monoisotopic (exact) mass is 244 g/mol. The molecule has 3 nitrogen and oxygen atoms in total. The minimum Gasteiger partial charge on any atom is -0.356 e. The summed E-state index contributed by atoms with van der Waals surface area (Å²) in [7, 11) is 0. The molecule has 2 aliphatic rings. The first-order chi connectivity index (χ1) is 8.83. The van der Waals surface area contributed by atoms with Crippen LogP contribution in [0.15, 0.2) is 24.3 Å². The van der Waals surface area contributed by atoms with Crippen LogP contribution in [-0.4, -0.2) is 18.5 Å². The summed E-state index contributed by atoms with van der Waals surface area (Å²) in [4.78, 5) is 11.6. The zero-order valence-corrected chi connectivity index (χ0v) is 10.6. The number of benzene rings is 1. The Hall–Kier alpha value is -1.35. The molecule has 0 radical (unpaired) electrons. The fourth-order valence-corrected chi connectivity index (χ4v) is 3.13. The van der Waals surface area contributed by atoms with E-state index in [0.717, 1.165) is 32.2 Å². The lowest BCUT2D eigenvalue weighted by Gasteiger charge is -2.21. The van der Waals surface area contributed by atoms with Gasteiger partial charge in [-0.25, -0.2) is 0 Å². The van der Waals surface area contributed by atoms with Crippen molar-refractivity contribution in [1.82, 2.24) is 10.6 Å². The first-order valence-corrected chi connectivity index (χ1v) is 6.93. The Labute approximate surface area is 108 Å². The van der Waals surface area contributed by atoms with E-state index >= 15 is 0 Å². The van der Waals surface area contributed by atoms with Crippen molar-refractivity contribution in [3.63, 3.8) is 0 Å². The average molecular weight is 244 g/mol. The normalized spacial score (nSPS) is 27.4. The summed E-state index contributed by atoms with van der Waals surface area (Å²) < 4.78 is 0. The van der Waals surface area contributed by atoms with Crippen molar-refractivity contribution in [3.05, 3.63) is 35.4 Å². The standard InChI is InChI=1S/C15H20N2O/c18-15-10-12(5-3-9-16-15)17-14-8-7-11-4-1-2-6-13(11)14/h1-2,4,6,12,14,17H,3,5,7-10H2,(H,16,18). The lowest BCUT2D eigenvalue weighted by Crippen LogP contribution is -2.34. The maximum atomic E-state index is 11.6. The molecule has 96 valence electrons. The van der Waals surface area contributed by atoms with Gasteiger partial charge < -0.3 is 10.6 Å². The van der Waals surface area contributed by atoms with E-state index in [-0.39, 0.29) is 5.91 Å². The van der Waals surface area contributed by atoms with Gasteiger partial charge >= 0.3 is 0 Å². The first-order valence-electron chi connectivity index (χ1n) is 6.93. The summed E-state index contributed by atoms with van der Waals surface area (Å²) in [5.74, 6) is 0.191. The van der Waals surface area contributed by atoms with Crippen LogP contribution in [0.1, 0.15) is 42.9 Å². The van der Waals surface area contributed by atoms with Crippen LogP contribution in [0.25, 0.3) is 0 Å². The second-order valence-corrected chi connectivity index (χ2v) is 5.35. The molecule has 1 aliphatic carbocycles. The lowest BCUT2D eigenvalue weighted by molar-refractivity contribution is -0.121. The Morgan fingerprint density at radius 2 is 2.11 bits per heavy atom. The largest absolute Gasteiger partial charge is 0.356 e. The third-order valence-electron chi connectivity index (χ3n) is 4.05. The van der Waals surface area contributed by atoms with Gasteiger partial charge in [0, 0.05) is 25.0 Å². The van der Waals surface area contributed by atoms with E-state index < -0.39 is 0 Å². The van der Waals surface area contributed by atoms with E-state index in [1.165, 1.54) is 11.1 Å². The Morgan fingerprint density at radius 1 is 1.22 bits per heavy atom. The van der Waals surface area contributed by atoms with Crippen LogP contribution in [0.4, 0.5) is 0 Å². The molecule has 3 rings (SSSR count). The van der Waals surface area contributed by atoms with Crippen molar-refractivity contribution in [1.29, 1.82) is 0 Å². The predicted octanol–water partition coefficient (Wildman–Crippen LogP) is 1.93. The van der Waals surface area contributed by atoms with Gasteiger partial charge in [-0.3, -0.25) is 4.79 Å². The van der Waals surface area contributed by atoms with Crippen LogP contribution in [-0.2, 0) is 11.2 Å². The number of hydrogen-bond acceptors (Lipinski definition) is 2. The lowest BCUT2D eigenvalue weighted by atomic mass is 10.0.